The van der Waals surface area contributed by atoms with E-state index in [4.69, 9.17) is 9.47 Å². The maximum absolute atomic E-state index is 6.22. The summed E-state index contributed by atoms with van der Waals surface area (Å²) in [4.78, 5) is 0. The summed E-state index contributed by atoms with van der Waals surface area (Å²) < 4.78 is 12.2. The van der Waals surface area contributed by atoms with Crippen LogP contribution in [0, 0.1) is 5.41 Å². The van der Waals surface area contributed by atoms with Crippen LogP contribution in [0.15, 0.2) is 0 Å². The molecule has 0 amide bonds. The summed E-state index contributed by atoms with van der Waals surface area (Å²) >= 11 is 0. The van der Waals surface area contributed by atoms with E-state index in [0.29, 0.717) is 5.41 Å². The summed E-state index contributed by atoms with van der Waals surface area (Å²) in [5.41, 5.74) is 0.297. The Bertz CT molecular complexity index is 308. The molecular weight excluding hydrogens is 356 g/mol. The average molecular weight is 413 g/mol. The second-order valence-electron chi connectivity index (χ2n) is 10.3. The van der Waals surface area contributed by atoms with E-state index >= 15 is 0 Å². The largest absolute Gasteiger partial charge is 0.379 e. The molecule has 0 spiro atoms. The molecule has 1 atom stereocenters. The van der Waals surface area contributed by atoms with Gasteiger partial charge in [-0.2, -0.15) is 0 Å². The van der Waals surface area contributed by atoms with Crippen molar-refractivity contribution in [1.29, 1.82) is 0 Å². The van der Waals surface area contributed by atoms with E-state index in [0.717, 1.165) is 26.2 Å². The number of ether oxygens (including phenoxy) is 2. The van der Waals surface area contributed by atoms with Crippen molar-refractivity contribution >= 4 is 0 Å². The molecule has 0 aliphatic rings. The lowest BCUT2D eigenvalue weighted by Crippen LogP contribution is -2.26. The molecule has 0 radical (unpaired) electrons. The molecular formula is C27H56O2. The molecule has 0 aliphatic carbocycles. The van der Waals surface area contributed by atoms with Crippen LogP contribution in [0.4, 0.5) is 0 Å². The topological polar surface area (TPSA) is 18.5 Å². The molecule has 0 heterocycles. The second-order valence-corrected chi connectivity index (χ2v) is 10.3. The van der Waals surface area contributed by atoms with Gasteiger partial charge in [0.1, 0.15) is 0 Å². The van der Waals surface area contributed by atoms with Gasteiger partial charge < -0.3 is 9.47 Å². The average Bonchev–Trinajstić information content (AvgIpc) is 2.66. The van der Waals surface area contributed by atoms with Crippen molar-refractivity contribution < 1.29 is 9.47 Å². The third-order valence-electron chi connectivity index (χ3n) is 5.64. The summed E-state index contributed by atoms with van der Waals surface area (Å²) in [6.07, 6.45) is 23.0. The Morgan fingerprint density at radius 3 is 1.41 bits per heavy atom. The van der Waals surface area contributed by atoms with Crippen molar-refractivity contribution in [3.8, 4) is 0 Å². The molecule has 0 N–H and O–H groups in total. The highest BCUT2D eigenvalue weighted by Gasteiger charge is 2.19. The normalized spacial score (nSPS) is 13.1. The molecule has 0 saturated heterocycles. The Kier molecular flexibility index (Phi) is 21.1. The third kappa shape index (κ3) is 24.1. The minimum atomic E-state index is 0.258. The van der Waals surface area contributed by atoms with Gasteiger partial charge in [0, 0.05) is 13.2 Å². The SMILES string of the molecule is CCCCCCCCCCOCC(CC(C)(C)C)OCCCCCCCCCC. The fourth-order valence-corrected chi connectivity index (χ4v) is 3.89. The van der Waals surface area contributed by atoms with Crippen molar-refractivity contribution in [3.05, 3.63) is 0 Å². The van der Waals surface area contributed by atoms with Crippen LogP contribution in [0.25, 0.3) is 0 Å². The van der Waals surface area contributed by atoms with Crippen molar-refractivity contribution in [1.82, 2.24) is 0 Å². The number of hydrogen-bond donors (Lipinski definition) is 0. The van der Waals surface area contributed by atoms with E-state index in [2.05, 4.69) is 34.6 Å². The molecule has 0 aliphatic heterocycles. The third-order valence-corrected chi connectivity index (χ3v) is 5.64. The smallest absolute Gasteiger partial charge is 0.0813 e. The number of unbranched alkanes of at least 4 members (excludes halogenated alkanes) is 14. The second kappa shape index (κ2) is 21.2. The van der Waals surface area contributed by atoms with E-state index in [1.165, 1.54) is 103 Å². The number of hydrogen-bond acceptors (Lipinski definition) is 2. The van der Waals surface area contributed by atoms with Crippen LogP contribution in [0.2, 0.25) is 0 Å². The lowest BCUT2D eigenvalue weighted by atomic mass is 9.89. The summed E-state index contributed by atoms with van der Waals surface area (Å²) in [5, 5.41) is 0. The van der Waals surface area contributed by atoms with Gasteiger partial charge in [0.05, 0.1) is 12.7 Å². The maximum atomic E-state index is 6.22. The molecule has 0 saturated carbocycles. The Labute approximate surface area is 184 Å². The van der Waals surface area contributed by atoms with E-state index in [9.17, 15) is 0 Å². The quantitative estimate of drug-likeness (QED) is 0.165. The van der Waals surface area contributed by atoms with Crippen LogP contribution in [0.3, 0.4) is 0 Å². The predicted molar refractivity (Wildman–Crippen MR) is 130 cm³/mol. The van der Waals surface area contributed by atoms with E-state index in [-0.39, 0.29) is 6.10 Å². The van der Waals surface area contributed by atoms with Crippen LogP contribution in [0.5, 0.6) is 0 Å². The minimum absolute atomic E-state index is 0.258. The van der Waals surface area contributed by atoms with Gasteiger partial charge in [-0.25, -0.2) is 0 Å². The van der Waals surface area contributed by atoms with E-state index < -0.39 is 0 Å². The van der Waals surface area contributed by atoms with Crippen molar-refractivity contribution in [2.24, 2.45) is 5.41 Å². The standard InChI is InChI=1S/C27H56O2/c1-6-8-10-12-14-16-18-20-22-28-25-26(24-27(3,4)5)29-23-21-19-17-15-13-11-9-7-2/h26H,6-25H2,1-5H3. The number of rotatable bonds is 22. The van der Waals surface area contributed by atoms with Gasteiger partial charge in [0.2, 0.25) is 0 Å². The first-order valence-electron chi connectivity index (χ1n) is 13.2. The molecule has 0 bridgehead atoms. The van der Waals surface area contributed by atoms with Gasteiger partial charge in [-0.05, 0) is 24.7 Å². The minimum Gasteiger partial charge on any atom is -0.379 e. The Balaban J connectivity index is 3.70. The highest BCUT2D eigenvalue weighted by Crippen LogP contribution is 2.23. The summed E-state index contributed by atoms with van der Waals surface area (Å²) in [6, 6.07) is 0. The first kappa shape index (κ1) is 28.9. The Hall–Kier alpha value is -0.0800. The molecule has 0 rings (SSSR count). The molecule has 29 heavy (non-hydrogen) atoms. The Morgan fingerprint density at radius 1 is 0.552 bits per heavy atom. The van der Waals surface area contributed by atoms with Gasteiger partial charge in [0.25, 0.3) is 0 Å². The molecule has 0 fully saturated rings. The predicted octanol–water partition coefficient (Wildman–Crippen LogP) is 9.11. The van der Waals surface area contributed by atoms with Gasteiger partial charge in [-0.3, -0.25) is 0 Å². The van der Waals surface area contributed by atoms with Crippen molar-refractivity contribution in [2.75, 3.05) is 19.8 Å². The van der Waals surface area contributed by atoms with Crippen LogP contribution in [-0.4, -0.2) is 25.9 Å². The molecule has 2 heteroatoms. The summed E-state index contributed by atoms with van der Waals surface area (Å²) in [7, 11) is 0. The maximum Gasteiger partial charge on any atom is 0.0813 e. The highest BCUT2D eigenvalue weighted by atomic mass is 16.5. The summed E-state index contributed by atoms with van der Waals surface area (Å²) in [6.45, 7) is 14.0. The first-order valence-corrected chi connectivity index (χ1v) is 13.2. The van der Waals surface area contributed by atoms with Crippen LogP contribution >= 0.6 is 0 Å². The highest BCUT2D eigenvalue weighted by molar-refractivity contribution is 4.69. The molecule has 176 valence electrons. The van der Waals surface area contributed by atoms with Crippen LogP contribution < -0.4 is 0 Å². The lowest BCUT2D eigenvalue weighted by molar-refractivity contribution is -0.0363. The van der Waals surface area contributed by atoms with E-state index in [1.54, 1.807) is 0 Å². The molecule has 2 nitrogen and oxygen atoms in total. The van der Waals surface area contributed by atoms with Gasteiger partial charge in [-0.15, -0.1) is 0 Å². The first-order chi connectivity index (χ1) is 14.0. The van der Waals surface area contributed by atoms with Crippen molar-refractivity contribution in [3.63, 3.8) is 0 Å². The van der Waals surface area contributed by atoms with Crippen LogP contribution in [0.1, 0.15) is 144 Å². The zero-order valence-corrected chi connectivity index (χ0v) is 21.0. The monoisotopic (exact) mass is 412 g/mol. The van der Waals surface area contributed by atoms with Gasteiger partial charge in [0.15, 0.2) is 0 Å². The fraction of sp³-hybridized carbons (Fsp3) is 1.00. The van der Waals surface area contributed by atoms with Gasteiger partial charge in [-0.1, -0.05) is 125 Å². The van der Waals surface area contributed by atoms with Crippen molar-refractivity contribution in [2.45, 2.75) is 150 Å². The molecule has 0 aromatic carbocycles. The molecule has 0 aromatic rings. The summed E-state index contributed by atoms with van der Waals surface area (Å²) in [5.74, 6) is 0. The molecule has 1 unspecified atom stereocenters. The van der Waals surface area contributed by atoms with E-state index in [1.807, 2.05) is 0 Å². The zero-order valence-electron chi connectivity index (χ0n) is 21.0. The Morgan fingerprint density at radius 2 is 0.966 bits per heavy atom. The zero-order chi connectivity index (χ0) is 21.6. The van der Waals surface area contributed by atoms with Gasteiger partial charge >= 0.3 is 0 Å². The van der Waals surface area contributed by atoms with Crippen LogP contribution in [-0.2, 0) is 9.47 Å². The lowest BCUT2D eigenvalue weighted by Gasteiger charge is -2.26. The fourth-order valence-electron chi connectivity index (χ4n) is 3.89. The molecule has 0 aromatic heterocycles.